The van der Waals surface area contributed by atoms with Crippen molar-refractivity contribution in [3.8, 4) is 5.69 Å². The van der Waals surface area contributed by atoms with Crippen molar-refractivity contribution in [3.63, 3.8) is 0 Å². The molecule has 0 bridgehead atoms. The molecule has 80 valence electrons. The van der Waals surface area contributed by atoms with E-state index in [9.17, 15) is 10.1 Å². The van der Waals surface area contributed by atoms with Gasteiger partial charge in [-0.05, 0) is 6.07 Å². The lowest BCUT2D eigenvalue weighted by Gasteiger charge is -2.16. The average Bonchev–Trinajstić information content (AvgIpc) is 2.76. The van der Waals surface area contributed by atoms with E-state index in [4.69, 9.17) is 0 Å². The first-order valence-electron chi connectivity index (χ1n) is 4.56. The van der Waals surface area contributed by atoms with Gasteiger partial charge in [-0.3, -0.25) is 14.7 Å². The summed E-state index contributed by atoms with van der Waals surface area (Å²) in [6, 6.07) is 4.83. The smallest absolute Gasteiger partial charge is 0.271 e. The molecule has 2 heterocycles. The highest BCUT2D eigenvalue weighted by Gasteiger charge is 2.20. The summed E-state index contributed by atoms with van der Waals surface area (Å²) in [6.45, 7) is 0. The lowest BCUT2D eigenvalue weighted by molar-refractivity contribution is -0.384. The molecule has 16 heavy (non-hydrogen) atoms. The number of non-ortho nitro benzene ring substituents is 1. The van der Waals surface area contributed by atoms with Gasteiger partial charge in [0.1, 0.15) is 12.2 Å². The predicted molar refractivity (Wildman–Crippen MR) is 57.6 cm³/mol. The van der Waals surface area contributed by atoms with Crippen LogP contribution < -0.4 is 0 Å². The fourth-order valence-electron chi connectivity index (χ4n) is 1.63. The minimum absolute atomic E-state index is 0.0842. The molecule has 1 aromatic heterocycles. The van der Waals surface area contributed by atoms with Crippen LogP contribution in [0.2, 0.25) is 0 Å². The summed E-state index contributed by atoms with van der Waals surface area (Å²) in [5, 5.41) is 18.5. The maximum absolute atomic E-state index is 10.7. The third-order valence-corrected chi connectivity index (χ3v) is 3.45. The fraction of sp³-hybridized carbons (Fsp3) is 0.111. The summed E-state index contributed by atoms with van der Waals surface area (Å²) in [6.07, 6.45) is 1.58. The Kier molecular flexibility index (Phi) is 1.93. The summed E-state index contributed by atoms with van der Waals surface area (Å²) in [5.74, 6) is 1.56. The van der Waals surface area contributed by atoms with Gasteiger partial charge in [-0.25, -0.2) is 0 Å². The molecule has 0 saturated carbocycles. The van der Waals surface area contributed by atoms with Crippen LogP contribution in [0.5, 0.6) is 0 Å². The van der Waals surface area contributed by atoms with Crippen molar-refractivity contribution in [1.82, 2.24) is 14.8 Å². The maximum atomic E-state index is 10.7. The van der Waals surface area contributed by atoms with Crippen molar-refractivity contribution in [2.45, 2.75) is 10.6 Å². The topological polar surface area (TPSA) is 73.8 Å². The Labute approximate surface area is 94.5 Å². The number of benzene rings is 1. The monoisotopic (exact) mass is 234 g/mol. The standard InChI is InChI=1S/C9H6N4O2S/c14-13(15)6-1-2-8-7(3-6)12-5-10-11-9(12)4-16-8/h1-3,5H,4H2. The first-order valence-corrected chi connectivity index (χ1v) is 5.55. The van der Waals surface area contributed by atoms with E-state index >= 15 is 0 Å². The minimum atomic E-state index is -0.399. The lowest BCUT2D eigenvalue weighted by atomic mass is 10.2. The molecule has 2 aromatic rings. The quantitative estimate of drug-likeness (QED) is 0.555. The molecule has 0 saturated heterocycles. The van der Waals surface area contributed by atoms with E-state index in [1.54, 1.807) is 34.8 Å². The number of rotatable bonds is 1. The van der Waals surface area contributed by atoms with E-state index < -0.39 is 4.92 Å². The lowest BCUT2D eigenvalue weighted by Crippen LogP contribution is -2.06. The maximum Gasteiger partial charge on any atom is 0.271 e. The molecule has 0 radical (unpaired) electrons. The van der Waals surface area contributed by atoms with E-state index in [2.05, 4.69) is 10.2 Å². The van der Waals surface area contributed by atoms with E-state index in [0.29, 0.717) is 0 Å². The highest BCUT2D eigenvalue weighted by atomic mass is 32.2. The fourth-order valence-corrected chi connectivity index (χ4v) is 2.58. The van der Waals surface area contributed by atoms with Gasteiger partial charge >= 0.3 is 0 Å². The van der Waals surface area contributed by atoms with Gasteiger partial charge in [-0.15, -0.1) is 22.0 Å². The molecule has 1 aromatic carbocycles. The molecule has 0 atom stereocenters. The third kappa shape index (κ3) is 1.28. The van der Waals surface area contributed by atoms with Crippen molar-refractivity contribution < 1.29 is 4.92 Å². The molecule has 0 N–H and O–H groups in total. The van der Waals surface area contributed by atoms with Gasteiger partial charge in [0.25, 0.3) is 5.69 Å². The van der Waals surface area contributed by atoms with Crippen LogP contribution in [0.4, 0.5) is 5.69 Å². The van der Waals surface area contributed by atoms with Gasteiger partial charge in [0, 0.05) is 17.0 Å². The second kappa shape index (κ2) is 3.31. The Bertz CT molecular complexity index is 581. The van der Waals surface area contributed by atoms with Gasteiger partial charge in [-0.1, -0.05) is 0 Å². The molecule has 0 aliphatic carbocycles. The molecule has 0 amide bonds. The predicted octanol–water partition coefficient (Wildman–Crippen LogP) is 1.78. The van der Waals surface area contributed by atoms with Gasteiger partial charge in [0.15, 0.2) is 0 Å². The Balaban J connectivity index is 2.22. The van der Waals surface area contributed by atoms with E-state index in [1.807, 2.05) is 0 Å². The van der Waals surface area contributed by atoms with Crippen molar-refractivity contribution in [2.75, 3.05) is 0 Å². The Morgan fingerprint density at radius 1 is 1.50 bits per heavy atom. The Hall–Kier alpha value is -1.89. The molecule has 6 nitrogen and oxygen atoms in total. The second-order valence-corrected chi connectivity index (χ2v) is 4.33. The van der Waals surface area contributed by atoms with Gasteiger partial charge < -0.3 is 0 Å². The molecule has 1 aliphatic rings. The van der Waals surface area contributed by atoms with Crippen LogP contribution in [0, 0.1) is 10.1 Å². The average molecular weight is 234 g/mol. The summed E-state index contributed by atoms with van der Waals surface area (Å²) >= 11 is 1.61. The van der Waals surface area contributed by atoms with Gasteiger partial charge in [0.2, 0.25) is 0 Å². The first kappa shape index (κ1) is 9.34. The zero-order valence-electron chi connectivity index (χ0n) is 8.03. The molecule has 3 rings (SSSR count). The molecular weight excluding hydrogens is 228 g/mol. The number of nitro groups is 1. The van der Waals surface area contributed by atoms with E-state index in [-0.39, 0.29) is 5.69 Å². The van der Waals surface area contributed by atoms with Gasteiger partial charge in [0.05, 0.1) is 16.4 Å². The normalized spacial score (nSPS) is 13.0. The van der Waals surface area contributed by atoms with Crippen LogP contribution >= 0.6 is 11.8 Å². The third-order valence-electron chi connectivity index (χ3n) is 2.39. The molecule has 0 fully saturated rings. The van der Waals surface area contributed by atoms with Crippen LogP contribution in [0.25, 0.3) is 5.69 Å². The van der Waals surface area contributed by atoms with Crippen molar-refractivity contribution in [2.24, 2.45) is 0 Å². The zero-order chi connectivity index (χ0) is 11.1. The van der Waals surface area contributed by atoms with Crippen LogP contribution in [-0.4, -0.2) is 19.7 Å². The number of nitro benzene ring substituents is 1. The highest BCUT2D eigenvalue weighted by molar-refractivity contribution is 7.98. The van der Waals surface area contributed by atoms with Crippen LogP contribution in [-0.2, 0) is 5.75 Å². The zero-order valence-corrected chi connectivity index (χ0v) is 8.85. The largest absolute Gasteiger partial charge is 0.283 e. The Morgan fingerprint density at radius 3 is 3.19 bits per heavy atom. The molecule has 1 aliphatic heterocycles. The van der Waals surface area contributed by atoms with Crippen LogP contribution in [0.3, 0.4) is 0 Å². The van der Waals surface area contributed by atoms with Crippen molar-refractivity contribution >= 4 is 17.4 Å². The summed E-state index contributed by atoms with van der Waals surface area (Å²) in [5.41, 5.74) is 0.867. The summed E-state index contributed by atoms with van der Waals surface area (Å²) in [4.78, 5) is 11.3. The van der Waals surface area contributed by atoms with Gasteiger partial charge in [-0.2, -0.15) is 0 Å². The number of aromatic nitrogens is 3. The van der Waals surface area contributed by atoms with E-state index in [1.165, 1.54) is 6.07 Å². The molecule has 0 spiro atoms. The highest BCUT2D eigenvalue weighted by Crippen LogP contribution is 2.35. The second-order valence-electron chi connectivity index (χ2n) is 3.31. The van der Waals surface area contributed by atoms with Crippen LogP contribution in [0.15, 0.2) is 29.4 Å². The number of nitrogens with zero attached hydrogens (tertiary/aromatic N) is 4. The molecule has 7 heteroatoms. The SMILES string of the molecule is O=[N+]([O-])c1ccc2c(c1)-n1cnnc1CS2. The van der Waals surface area contributed by atoms with Crippen molar-refractivity contribution in [3.05, 3.63) is 40.5 Å². The molecular formula is C9H6N4O2S. The minimum Gasteiger partial charge on any atom is -0.283 e. The van der Waals surface area contributed by atoms with Crippen molar-refractivity contribution in [1.29, 1.82) is 0 Å². The summed E-state index contributed by atoms with van der Waals surface area (Å²) in [7, 11) is 0. The molecule has 0 unspecified atom stereocenters. The van der Waals surface area contributed by atoms with Crippen LogP contribution in [0.1, 0.15) is 5.82 Å². The summed E-state index contributed by atoms with van der Waals surface area (Å²) < 4.78 is 1.79. The number of hydrogen-bond donors (Lipinski definition) is 0. The Morgan fingerprint density at radius 2 is 2.38 bits per heavy atom. The number of thioether (sulfide) groups is 1. The first-order chi connectivity index (χ1) is 7.75. The van der Waals surface area contributed by atoms with E-state index in [0.717, 1.165) is 22.2 Å². The number of hydrogen-bond acceptors (Lipinski definition) is 5. The number of fused-ring (bicyclic) bond motifs is 3.